The molecule has 0 unspecified atom stereocenters. The summed E-state index contributed by atoms with van der Waals surface area (Å²) in [6, 6.07) is 15.6. The summed E-state index contributed by atoms with van der Waals surface area (Å²) in [6.45, 7) is 1.69. The van der Waals surface area contributed by atoms with E-state index in [0.29, 0.717) is 30.3 Å². The van der Waals surface area contributed by atoms with Gasteiger partial charge < -0.3 is 9.30 Å². The van der Waals surface area contributed by atoms with Gasteiger partial charge in [-0.3, -0.25) is 14.3 Å². The highest BCUT2D eigenvalue weighted by atomic mass is 19.3. The minimum atomic E-state index is -3.01. The van der Waals surface area contributed by atoms with Crippen molar-refractivity contribution in [1.29, 1.82) is 0 Å². The van der Waals surface area contributed by atoms with Gasteiger partial charge in [0.15, 0.2) is 11.2 Å². The number of benzene rings is 2. The molecular weight excluding hydrogens is 430 g/mol. The lowest BCUT2D eigenvalue weighted by atomic mass is 10.1. The van der Waals surface area contributed by atoms with Crippen LogP contribution in [0.5, 0.6) is 5.75 Å². The number of aromatic amines is 1. The molecule has 0 atom stereocenters. The van der Waals surface area contributed by atoms with Crippen LogP contribution in [0, 0.1) is 5.92 Å². The molecule has 0 aliphatic heterocycles. The molecule has 1 N–H and O–H groups in total. The van der Waals surface area contributed by atoms with Crippen molar-refractivity contribution in [3.63, 3.8) is 0 Å². The van der Waals surface area contributed by atoms with Crippen molar-refractivity contribution >= 4 is 11.2 Å². The molecular formula is C24H24F2N4O3. The molecule has 2 aromatic carbocycles. The molecule has 0 bridgehead atoms. The van der Waals surface area contributed by atoms with Crippen LogP contribution in [0.1, 0.15) is 25.8 Å². The summed E-state index contributed by atoms with van der Waals surface area (Å²) >= 11 is 0. The zero-order valence-electron chi connectivity index (χ0n) is 18.3. The number of para-hydroxylation sites is 1. The Morgan fingerprint density at radius 2 is 1.70 bits per heavy atom. The van der Waals surface area contributed by atoms with Gasteiger partial charge in [0.1, 0.15) is 11.6 Å². The Balaban J connectivity index is 1.98. The van der Waals surface area contributed by atoms with E-state index >= 15 is 0 Å². The summed E-state index contributed by atoms with van der Waals surface area (Å²) in [5, 5.41) is 0. The van der Waals surface area contributed by atoms with E-state index in [0.717, 1.165) is 5.56 Å². The number of fused-ring (bicyclic) bond motifs is 1. The van der Waals surface area contributed by atoms with E-state index in [4.69, 9.17) is 4.74 Å². The van der Waals surface area contributed by atoms with Crippen LogP contribution in [0.15, 0.2) is 64.2 Å². The summed E-state index contributed by atoms with van der Waals surface area (Å²) < 4.78 is 33.9. The molecule has 33 heavy (non-hydrogen) atoms. The molecule has 0 saturated heterocycles. The SMILES string of the molecule is CC(C)CCn1c(-c2ccccc2OC(F)F)nc2c1c(=O)[nH]c(=O)n2Cc1ccccc1. The summed E-state index contributed by atoms with van der Waals surface area (Å²) in [4.78, 5) is 32.6. The van der Waals surface area contributed by atoms with Crippen molar-refractivity contribution in [1.82, 2.24) is 19.1 Å². The number of hydrogen-bond donors (Lipinski definition) is 1. The fourth-order valence-corrected chi connectivity index (χ4v) is 3.75. The maximum Gasteiger partial charge on any atom is 0.387 e. The lowest BCUT2D eigenvalue weighted by molar-refractivity contribution is -0.0494. The second kappa shape index (κ2) is 9.40. The molecule has 0 spiro atoms. The summed E-state index contributed by atoms with van der Waals surface area (Å²) in [5.41, 5.74) is 0.414. The second-order valence-corrected chi connectivity index (χ2v) is 8.15. The van der Waals surface area contributed by atoms with E-state index in [1.165, 1.54) is 10.6 Å². The first-order valence-electron chi connectivity index (χ1n) is 10.7. The number of imidazole rings is 1. The Bertz CT molecular complexity index is 1370. The van der Waals surface area contributed by atoms with Crippen molar-refractivity contribution < 1.29 is 13.5 Å². The number of alkyl halides is 2. The molecule has 0 saturated carbocycles. The number of aryl methyl sites for hydroxylation is 1. The van der Waals surface area contributed by atoms with Crippen LogP contribution in [0.2, 0.25) is 0 Å². The Kier molecular flexibility index (Phi) is 6.39. The molecule has 0 aliphatic carbocycles. The fourth-order valence-electron chi connectivity index (χ4n) is 3.75. The molecule has 0 fully saturated rings. The van der Waals surface area contributed by atoms with Crippen molar-refractivity contribution in [3.8, 4) is 17.1 Å². The van der Waals surface area contributed by atoms with Gasteiger partial charge in [0.25, 0.3) is 5.56 Å². The van der Waals surface area contributed by atoms with Gasteiger partial charge in [-0.05, 0) is 30.0 Å². The van der Waals surface area contributed by atoms with E-state index in [2.05, 4.69) is 9.97 Å². The van der Waals surface area contributed by atoms with Crippen LogP contribution >= 0.6 is 0 Å². The smallest absolute Gasteiger partial charge is 0.387 e. The van der Waals surface area contributed by atoms with E-state index < -0.39 is 17.9 Å². The molecule has 0 aliphatic rings. The minimum Gasteiger partial charge on any atom is -0.434 e. The molecule has 0 radical (unpaired) electrons. The number of ether oxygens (including phenoxy) is 1. The quantitative estimate of drug-likeness (QED) is 0.432. The Labute approximate surface area is 188 Å². The molecule has 2 aromatic heterocycles. The highest BCUT2D eigenvalue weighted by molar-refractivity contribution is 5.79. The summed E-state index contributed by atoms with van der Waals surface area (Å²) in [6.07, 6.45) is 0.716. The molecule has 172 valence electrons. The Morgan fingerprint density at radius 3 is 2.39 bits per heavy atom. The maximum absolute atomic E-state index is 13.0. The third-order valence-corrected chi connectivity index (χ3v) is 5.34. The standard InChI is InChI=1S/C24H24F2N4O3/c1-15(2)12-13-29-19-21(27-20(29)17-10-6-7-11-18(17)33-23(25)26)30(24(32)28-22(19)31)14-16-8-4-3-5-9-16/h3-11,15,23H,12-14H2,1-2H3,(H,28,31,32). The number of aromatic nitrogens is 4. The van der Waals surface area contributed by atoms with Crippen LogP contribution in [0.3, 0.4) is 0 Å². The van der Waals surface area contributed by atoms with E-state index in [1.807, 2.05) is 44.2 Å². The number of hydrogen-bond acceptors (Lipinski definition) is 4. The van der Waals surface area contributed by atoms with Crippen molar-refractivity contribution in [2.24, 2.45) is 5.92 Å². The van der Waals surface area contributed by atoms with Gasteiger partial charge in [-0.2, -0.15) is 8.78 Å². The summed E-state index contributed by atoms with van der Waals surface area (Å²) in [5.74, 6) is 0.555. The predicted molar refractivity (Wildman–Crippen MR) is 122 cm³/mol. The largest absolute Gasteiger partial charge is 0.434 e. The molecule has 4 rings (SSSR count). The number of halogens is 2. The van der Waals surface area contributed by atoms with Gasteiger partial charge in [0.2, 0.25) is 0 Å². The predicted octanol–water partition coefficient (Wildman–Crippen LogP) is 4.25. The van der Waals surface area contributed by atoms with E-state index in [1.54, 1.807) is 22.8 Å². The fraction of sp³-hybridized carbons (Fsp3) is 0.292. The topological polar surface area (TPSA) is 81.9 Å². The second-order valence-electron chi connectivity index (χ2n) is 8.15. The van der Waals surface area contributed by atoms with Gasteiger partial charge in [-0.25, -0.2) is 9.78 Å². The molecule has 4 aromatic rings. The number of H-pyrrole nitrogens is 1. The van der Waals surface area contributed by atoms with E-state index in [-0.39, 0.29) is 23.5 Å². The van der Waals surface area contributed by atoms with Crippen LogP contribution in [0.4, 0.5) is 8.78 Å². The Morgan fingerprint density at radius 1 is 1.00 bits per heavy atom. The highest BCUT2D eigenvalue weighted by Gasteiger charge is 2.22. The minimum absolute atomic E-state index is 0.0537. The third-order valence-electron chi connectivity index (χ3n) is 5.34. The normalized spacial score (nSPS) is 11.6. The first-order valence-corrected chi connectivity index (χ1v) is 10.7. The average Bonchev–Trinajstić information content (AvgIpc) is 3.15. The maximum atomic E-state index is 13.0. The lowest BCUT2D eigenvalue weighted by Crippen LogP contribution is -2.31. The van der Waals surface area contributed by atoms with Gasteiger partial charge in [0.05, 0.1) is 12.1 Å². The third kappa shape index (κ3) is 4.72. The van der Waals surface area contributed by atoms with Crippen LogP contribution in [-0.2, 0) is 13.1 Å². The molecule has 7 nitrogen and oxygen atoms in total. The number of rotatable bonds is 8. The monoisotopic (exact) mass is 454 g/mol. The molecule has 2 heterocycles. The van der Waals surface area contributed by atoms with Crippen molar-refractivity contribution in [2.45, 2.75) is 40.0 Å². The highest BCUT2D eigenvalue weighted by Crippen LogP contribution is 2.32. The van der Waals surface area contributed by atoms with Gasteiger partial charge in [-0.1, -0.05) is 56.3 Å². The van der Waals surface area contributed by atoms with Crippen molar-refractivity contribution in [2.75, 3.05) is 0 Å². The van der Waals surface area contributed by atoms with Crippen LogP contribution in [-0.4, -0.2) is 25.7 Å². The van der Waals surface area contributed by atoms with E-state index in [9.17, 15) is 18.4 Å². The van der Waals surface area contributed by atoms with Gasteiger partial charge >= 0.3 is 12.3 Å². The van der Waals surface area contributed by atoms with Crippen LogP contribution < -0.4 is 16.0 Å². The van der Waals surface area contributed by atoms with Crippen molar-refractivity contribution in [3.05, 3.63) is 81.0 Å². The van der Waals surface area contributed by atoms with Gasteiger partial charge in [0, 0.05) is 6.54 Å². The first-order chi connectivity index (χ1) is 15.8. The molecule has 9 heteroatoms. The zero-order chi connectivity index (χ0) is 23.5. The average molecular weight is 454 g/mol. The summed E-state index contributed by atoms with van der Waals surface area (Å²) in [7, 11) is 0. The lowest BCUT2D eigenvalue weighted by Gasteiger charge is -2.13. The number of nitrogens with zero attached hydrogens (tertiary/aromatic N) is 3. The molecule has 0 amide bonds. The number of nitrogens with one attached hydrogen (secondary N) is 1. The van der Waals surface area contributed by atoms with Crippen LogP contribution in [0.25, 0.3) is 22.6 Å². The Hall–Kier alpha value is -3.75. The zero-order valence-corrected chi connectivity index (χ0v) is 18.3. The first kappa shape index (κ1) is 22.4. The van der Waals surface area contributed by atoms with Gasteiger partial charge in [-0.15, -0.1) is 0 Å².